The van der Waals surface area contributed by atoms with Gasteiger partial charge in [0.15, 0.2) is 0 Å². The number of rotatable bonds is 3. The van der Waals surface area contributed by atoms with Gasteiger partial charge in [0.2, 0.25) is 0 Å². The van der Waals surface area contributed by atoms with Crippen LogP contribution in [-0.2, 0) is 4.79 Å². The van der Waals surface area contributed by atoms with Crippen LogP contribution in [0.4, 0.5) is 0 Å². The molecule has 0 aromatic heterocycles. The third-order valence-electron chi connectivity index (χ3n) is 2.81. The summed E-state index contributed by atoms with van der Waals surface area (Å²) < 4.78 is 0. The van der Waals surface area contributed by atoms with Gasteiger partial charge in [0.05, 0.1) is 6.04 Å². The lowest BCUT2D eigenvalue weighted by Crippen LogP contribution is -2.54. The standard InChI is InChI=1S/C9H20N4O/c1-3-8(9(14)11-10)13-6-4-12(2)5-7-13/h8H,3-7,10H2,1-2H3,(H,11,14). The monoisotopic (exact) mass is 200 g/mol. The van der Waals surface area contributed by atoms with E-state index in [9.17, 15) is 4.79 Å². The first-order valence-corrected chi connectivity index (χ1v) is 5.12. The minimum Gasteiger partial charge on any atom is -0.304 e. The first kappa shape index (κ1) is 11.4. The zero-order valence-electron chi connectivity index (χ0n) is 8.99. The number of nitrogens with two attached hydrogens (primary N) is 1. The summed E-state index contributed by atoms with van der Waals surface area (Å²) in [6.45, 7) is 5.95. The Balaban J connectivity index is 2.48. The number of hydrogen-bond acceptors (Lipinski definition) is 4. The van der Waals surface area contributed by atoms with Crippen LogP contribution in [0, 0.1) is 0 Å². The minimum absolute atomic E-state index is 0.0614. The highest BCUT2D eigenvalue weighted by atomic mass is 16.2. The van der Waals surface area contributed by atoms with Gasteiger partial charge in [0, 0.05) is 26.2 Å². The maximum Gasteiger partial charge on any atom is 0.251 e. The van der Waals surface area contributed by atoms with Crippen molar-refractivity contribution in [1.29, 1.82) is 0 Å². The van der Waals surface area contributed by atoms with E-state index in [2.05, 4.69) is 22.3 Å². The summed E-state index contributed by atoms with van der Waals surface area (Å²) in [5.41, 5.74) is 2.23. The Hall–Kier alpha value is -0.650. The van der Waals surface area contributed by atoms with Crippen LogP contribution in [0.1, 0.15) is 13.3 Å². The molecule has 1 aliphatic rings. The fourth-order valence-corrected chi connectivity index (χ4v) is 1.84. The average Bonchev–Trinajstić information content (AvgIpc) is 2.21. The van der Waals surface area contributed by atoms with Gasteiger partial charge >= 0.3 is 0 Å². The van der Waals surface area contributed by atoms with Crippen LogP contribution >= 0.6 is 0 Å². The van der Waals surface area contributed by atoms with E-state index in [-0.39, 0.29) is 11.9 Å². The molecule has 3 N–H and O–H groups in total. The first-order valence-electron chi connectivity index (χ1n) is 5.12. The molecule has 1 heterocycles. The van der Waals surface area contributed by atoms with Crippen LogP contribution in [-0.4, -0.2) is 55.0 Å². The number of amides is 1. The second kappa shape index (κ2) is 5.29. The van der Waals surface area contributed by atoms with Crippen LogP contribution in [0.3, 0.4) is 0 Å². The van der Waals surface area contributed by atoms with Gasteiger partial charge in [-0.15, -0.1) is 0 Å². The van der Waals surface area contributed by atoms with Crippen LogP contribution in [0.5, 0.6) is 0 Å². The maximum atomic E-state index is 11.4. The van der Waals surface area contributed by atoms with Gasteiger partial charge in [-0.1, -0.05) is 6.92 Å². The number of hydrogen-bond donors (Lipinski definition) is 2. The predicted octanol–water partition coefficient (Wildman–Crippen LogP) is -0.998. The number of nitrogens with one attached hydrogen (secondary N) is 1. The van der Waals surface area contributed by atoms with Crippen molar-refractivity contribution in [2.45, 2.75) is 19.4 Å². The average molecular weight is 200 g/mol. The third kappa shape index (κ3) is 2.67. The molecule has 1 unspecified atom stereocenters. The highest BCUT2D eigenvalue weighted by Crippen LogP contribution is 2.08. The Morgan fingerprint density at radius 3 is 2.43 bits per heavy atom. The normalized spacial score (nSPS) is 21.9. The molecular weight excluding hydrogens is 180 g/mol. The van der Waals surface area contributed by atoms with E-state index in [1.54, 1.807) is 0 Å². The van der Waals surface area contributed by atoms with Gasteiger partial charge < -0.3 is 4.90 Å². The molecule has 1 rings (SSSR count). The Bertz CT molecular complexity index is 189. The summed E-state index contributed by atoms with van der Waals surface area (Å²) in [7, 11) is 2.10. The first-order chi connectivity index (χ1) is 6.69. The van der Waals surface area contributed by atoms with E-state index < -0.39 is 0 Å². The van der Waals surface area contributed by atoms with E-state index in [0.717, 1.165) is 32.6 Å². The molecule has 5 nitrogen and oxygen atoms in total. The molecule has 1 atom stereocenters. The number of piperazine rings is 1. The van der Waals surface area contributed by atoms with Crippen LogP contribution in [0.15, 0.2) is 0 Å². The van der Waals surface area contributed by atoms with Gasteiger partial charge in [-0.2, -0.15) is 0 Å². The lowest BCUT2D eigenvalue weighted by atomic mass is 10.1. The SMILES string of the molecule is CCC(C(=O)NN)N1CCN(C)CC1. The van der Waals surface area contributed by atoms with Crippen molar-refractivity contribution in [3.63, 3.8) is 0 Å². The van der Waals surface area contributed by atoms with Crippen molar-refractivity contribution in [2.24, 2.45) is 5.84 Å². The van der Waals surface area contributed by atoms with Gasteiger partial charge in [-0.3, -0.25) is 15.1 Å². The molecule has 1 fully saturated rings. The molecule has 0 saturated carbocycles. The van der Waals surface area contributed by atoms with Crippen molar-refractivity contribution < 1.29 is 4.79 Å². The molecule has 1 aliphatic heterocycles. The smallest absolute Gasteiger partial charge is 0.251 e. The van der Waals surface area contributed by atoms with Crippen molar-refractivity contribution in [3.8, 4) is 0 Å². The van der Waals surface area contributed by atoms with E-state index in [0.29, 0.717) is 0 Å². The second-order valence-electron chi connectivity index (χ2n) is 3.77. The molecule has 0 aromatic carbocycles. The molecular formula is C9H20N4O. The number of hydrazine groups is 1. The Morgan fingerprint density at radius 2 is 2.00 bits per heavy atom. The van der Waals surface area contributed by atoms with Gasteiger partial charge in [-0.05, 0) is 13.5 Å². The maximum absolute atomic E-state index is 11.4. The van der Waals surface area contributed by atoms with Crippen LogP contribution in [0.25, 0.3) is 0 Å². The fourth-order valence-electron chi connectivity index (χ4n) is 1.84. The highest BCUT2D eigenvalue weighted by Gasteiger charge is 2.25. The number of nitrogens with zero attached hydrogens (tertiary/aromatic N) is 2. The fraction of sp³-hybridized carbons (Fsp3) is 0.889. The van der Waals surface area contributed by atoms with Crippen molar-refractivity contribution >= 4 is 5.91 Å². The van der Waals surface area contributed by atoms with Gasteiger partial charge in [0.1, 0.15) is 0 Å². The largest absolute Gasteiger partial charge is 0.304 e. The van der Waals surface area contributed by atoms with Crippen LogP contribution < -0.4 is 11.3 Å². The summed E-state index contributed by atoms with van der Waals surface area (Å²) >= 11 is 0. The van der Waals surface area contributed by atoms with Crippen molar-refractivity contribution in [3.05, 3.63) is 0 Å². The highest BCUT2D eigenvalue weighted by molar-refractivity contribution is 5.81. The third-order valence-corrected chi connectivity index (χ3v) is 2.81. The lowest BCUT2D eigenvalue weighted by molar-refractivity contribution is -0.127. The van der Waals surface area contributed by atoms with Gasteiger partial charge in [-0.25, -0.2) is 5.84 Å². The zero-order valence-corrected chi connectivity index (χ0v) is 8.99. The van der Waals surface area contributed by atoms with E-state index >= 15 is 0 Å². The van der Waals surface area contributed by atoms with E-state index in [1.807, 2.05) is 6.92 Å². The number of likely N-dealkylation sites (N-methyl/N-ethyl adjacent to an activating group) is 1. The quantitative estimate of drug-likeness (QED) is 0.348. The van der Waals surface area contributed by atoms with E-state index in [4.69, 9.17) is 5.84 Å². The molecule has 82 valence electrons. The Labute approximate surface area is 85.2 Å². The number of carbonyl (C=O) groups is 1. The topological polar surface area (TPSA) is 61.6 Å². The number of carbonyl (C=O) groups excluding carboxylic acids is 1. The molecule has 1 amide bonds. The molecule has 0 spiro atoms. The molecule has 0 bridgehead atoms. The zero-order chi connectivity index (χ0) is 10.6. The molecule has 0 aliphatic carbocycles. The molecule has 1 saturated heterocycles. The summed E-state index contributed by atoms with van der Waals surface area (Å²) in [4.78, 5) is 15.9. The van der Waals surface area contributed by atoms with Crippen molar-refractivity contribution in [1.82, 2.24) is 15.2 Å². The summed E-state index contributed by atoms with van der Waals surface area (Å²) in [5.74, 6) is 5.07. The van der Waals surface area contributed by atoms with Gasteiger partial charge in [0.25, 0.3) is 5.91 Å². The summed E-state index contributed by atoms with van der Waals surface area (Å²) in [6, 6.07) is -0.0614. The van der Waals surface area contributed by atoms with Crippen molar-refractivity contribution in [2.75, 3.05) is 33.2 Å². The molecule has 0 aromatic rings. The minimum atomic E-state index is -0.0722. The molecule has 0 radical (unpaired) electrons. The summed E-state index contributed by atoms with van der Waals surface area (Å²) in [5, 5.41) is 0. The Morgan fingerprint density at radius 1 is 1.43 bits per heavy atom. The van der Waals surface area contributed by atoms with E-state index in [1.165, 1.54) is 0 Å². The lowest BCUT2D eigenvalue weighted by Gasteiger charge is -2.36. The predicted molar refractivity (Wildman–Crippen MR) is 55.5 cm³/mol. The summed E-state index contributed by atoms with van der Waals surface area (Å²) in [6.07, 6.45) is 0.812. The molecule has 14 heavy (non-hydrogen) atoms. The van der Waals surface area contributed by atoms with Crippen LogP contribution in [0.2, 0.25) is 0 Å². The second-order valence-corrected chi connectivity index (χ2v) is 3.77. The Kier molecular flexibility index (Phi) is 4.31. The molecule has 5 heteroatoms.